The van der Waals surface area contributed by atoms with Gasteiger partial charge in [-0.3, -0.25) is 4.79 Å². The Balaban J connectivity index is 1.42. The zero-order chi connectivity index (χ0) is 26.1. The summed E-state index contributed by atoms with van der Waals surface area (Å²) in [5.74, 6) is 1.99. The molecule has 0 fully saturated rings. The molecule has 0 N–H and O–H groups in total. The van der Waals surface area contributed by atoms with E-state index in [1.807, 2.05) is 78.9 Å². The normalized spacial score (nSPS) is 10.6. The maximum atomic E-state index is 12.5. The number of aldehydes is 1. The van der Waals surface area contributed by atoms with Gasteiger partial charge >= 0.3 is 0 Å². The maximum Gasteiger partial charge on any atom is 0.242 e. The van der Waals surface area contributed by atoms with Crippen molar-refractivity contribution in [3.63, 3.8) is 0 Å². The van der Waals surface area contributed by atoms with E-state index in [-0.39, 0.29) is 11.8 Å². The predicted octanol–water partition coefficient (Wildman–Crippen LogP) is 7.95. The summed E-state index contributed by atoms with van der Waals surface area (Å²) in [4.78, 5) is 24.4. The van der Waals surface area contributed by atoms with Crippen LogP contribution in [0.3, 0.4) is 0 Å². The lowest BCUT2D eigenvalue weighted by Crippen LogP contribution is -2.31. The first-order valence-corrected chi connectivity index (χ1v) is 13.6. The predicted molar refractivity (Wildman–Crippen MR) is 150 cm³/mol. The fraction of sp³-hybridized carbons (Fsp3) is 0.355. The van der Waals surface area contributed by atoms with Gasteiger partial charge in [-0.05, 0) is 66.9 Å². The van der Waals surface area contributed by atoms with Crippen LogP contribution in [0.4, 0.5) is 5.69 Å². The maximum absolute atomic E-state index is 12.5. The minimum atomic E-state index is -0.152. The van der Waals surface area contributed by atoms with Gasteiger partial charge in [-0.15, -0.1) is 11.6 Å². The van der Waals surface area contributed by atoms with Gasteiger partial charge in [-0.25, -0.2) is 0 Å². The van der Waals surface area contributed by atoms with Crippen molar-refractivity contribution in [3.05, 3.63) is 84.4 Å². The fourth-order valence-electron chi connectivity index (χ4n) is 4.00. The molecule has 0 atom stereocenters. The van der Waals surface area contributed by atoms with Gasteiger partial charge in [0.2, 0.25) is 5.91 Å². The number of alkyl halides is 1. The first-order valence-electron chi connectivity index (χ1n) is 13.0. The number of carbonyl (C=O) groups is 2. The largest absolute Gasteiger partial charge is 0.494 e. The van der Waals surface area contributed by atoms with Crippen LogP contribution in [0.25, 0.3) is 0 Å². The molecule has 3 rings (SSSR count). The van der Waals surface area contributed by atoms with Gasteiger partial charge in [-0.2, -0.15) is 0 Å². The number of halogens is 1. The van der Waals surface area contributed by atoms with E-state index in [4.69, 9.17) is 21.1 Å². The van der Waals surface area contributed by atoms with E-state index in [1.165, 1.54) is 19.3 Å². The molecule has 5 nitrogen and oxygen atoms in total. The molecule has 0 aliphatic heterocycles. The molecule has 6 heteroatoms. The third-order valence-corrected chi connectivity index (χ3v) is 6.27. The second-order valence-corrected chi connectivity index (χ2v) is 9.21. The Morgan fingerprint density at radius 2 is 1.30 bits per heavy atom. The number of unbranched alkanes of at least 4 members (excludes halogenated alkanes) is 7. The number of hydrogen-bond donors (Lipinski definition) is 0. The second-order valence-electron chi connectivity index (χ2n) is 8.95. The number of carbonyl (C=O) groups excluding carboxylic acids is 2. The molecule has 37 heavy (non-hydrogen) atoms. The molecular weight excluding hydrogens is 486 g/mol. The van der Waals surface area contributed by atoms with Crippen LogP contribution in [-0.4, -0.2) is 24.7 Å². The summed E-state index contributed by atoms with van der Waals surface area (Å²) in [7, 11) is 0. The molecule has 0 aliphatic carbocycles. The summed E-state index contributed by atoms with van der Waals surface area (Å²) in [5.41, 5.74) is 1.80. The van der Waals surface area contributed by atoms with Crippen LogP contribution in [0.5, 0.6) is 17.2 Å². The van der Waals surface area contributed by atoms with Crippen LogP contribution in [0, 0.1) is 0 Å². The van der Waals surface area contributed by atoms with Crippen LogP contribution in [0.2, 0.25) is 0 Å². The Hall–Kier alpha value is -3.31. The summed E-state index contributed by atoms with van der Waals surface area (Å²) < 4.78 is 11.8. The van der Waals surface area contributed by atoms with Crippen molar-refractivity contribution in [2.24, 2.45) is 0 Å². The smallest absolute Gasteiger partial charge is 0.242 e. The molecule has 0 aliphatic rings. The van der Waals surface area contributed by atoms with Crippen LogP contribution >= 0.6 is 11.6 Å². The molecule has 0 unspecified atom stereocenters. The van der Waals surface area contributed by atoms with Crippen LogP contribution in [0.15, 0.2) is 78.9 Å². The highest BCUT2D eigenvalue weighted by atomic mass is 35.5. The third kappa shape index (κ3) is 10.3. The van der Waals surface area contributed by atoms with Crippen LogP contribution < -0.4 is 14.4 Å². The number of amides is 1. The van der Waals surface area contributed by atoms with E-state index < -0.39 is 0 Å². The number of ether oxygens (including phenoxy) is 2. The molecule has 0 saturated carbocycles. The van der Waals surface area contributed by atoms with Crippen LogP contribution in [0.1, 0.15) is 56.9 Å². The van der Waals surface area contributed by atoms with Gasteiger partial charge in [0.25, 0.3) is 0 Å². The molecule has 3 aromatic rings. The molecular formula is C31H36ClNO4. The summed E-state index contributed by atoms with van der Waals surface area (Å²) in [6, 6.07) is 24.9. The Kier molecular flexibility index (Phi) is 12.6. The Morgan fingerprint density at radius 1 is 0.730 bits per heavy atom. The van der Waals surface area contributed by atoms with Gasteiger partial charge in [0.1, 0.15) is 29.4 Å². The lowest BCUT2D eigenvalue weighted by Gasteiger charge is -2.22. The van der Waals surface area contributed by atoms with E-state index in [9.17, 15) is 9.59 Å². The van der Waals surface area contributed by atoms with Gasteiger partial charge in [0.05, 0.1) is 13.2 Å². The minimum Gasteiger partial charge on any atom is -0.494 e. The standard InChI is InChI=1S/C31H36ClNO4/c32-24-31(35)33(25-26-12-8-7-9-13-26)27-14-16-29(17-15-27)37-30-20-18-28(19-21-30)36-23-11-6-4-2-1-3-5-10-22-34/h7-9,12-22H,1-6,10-11,23-25H2. The second kappa shape index (κ2) is 16.4. The van der Waals surface area contributed by atoms with Crippen LogP contribution in [-0.2, 0) is 16.1 Å². The lowest BCUT2D eigenvalue weighted by molar-refractivity contribution is -0.116. The number of benzene rings is 3. The highest BCUT2D eigenvalue weighted by Crippen LogP contribution is 2.27. The van der Waals surface area contributed by atoms with Crippen molar-refractivity contribution < 1.29 is 19.1 Å². The number of anilines is 1. The first kappa shape index (κ1) is 28.3. The molecule has 0 bridgehead atoms. The molecule has 0 aromatic heterocycles. The zero-order valence-electron chi connectivity index (χ0n) is 21.3. The average Bonchev–Trinajstić information content (AvgIpc) is 2.94. The summed E-state index contributed by atoms with van der Waals surface area (Å²) in [6.45, 7) is 1.16. The Labute approximate surface area is 225 Å². The minimum absolute atomic E-state index is 0.0804. The average molecular weight is 522 g/mol. The molecule has 0 saturated heterocycles. The van der Waals surface area contributed by atoms with Gasteiger partial charge in [0.15, 0.2) is 0 Å². The monoisotopic (exact) mass is 521 g/mol. The van der Waals surface area contributed by atoms with Crippen molar-refractivity contribution in [1.29, 1.82) is 0 Å². The van der Waals surface area contributed by atoms with Crippen molar-refractivity contribution in [2.75, 3.05) is 17.4 Å². The number of rotatable bonds is 17. The molecule has 3 aromatic carbocycles. The van der Waals surface area contributed by atoms with Crippen molar-refractivity contribution in [1.82, 2.24) is 0 Å². The molecule has 0 heterocycles. The third-order valence-electron chi connectivity index (χ3n) is 6.04. The Morgan fingerprint density at radius 3 is 1.92 bits per heavy atom. The van der Waals surface area contributed by atoms with Gasteiger partial charge in [-0.1, -0.05) is 62.4 Å². The molecule has 196 valence electrons. The fourth-order valence-corrected chi connectivity index (χ4v) is 4.14. The van der Waals surface area contributed by atoms with Crippen molar-refractivity contribution in [3.8, 4) is 17.2 Å². The van der Waals surface area contributed by atoms with E-state index in [0.29, 0.717) is 31.1 Å². The topological polar surface area (TPSA) is 55.8 Å². The molecule has 0 radical (unpaired) electrons. The highest BCUT2D eigenvalue weighted by Gasteiger charge is 2.15. The van der Waals surface area contributed by atoms with Crippen molar-refractivity contribution >= 4 is 29.5 Å². The van der Waals surface area contributed by atoms with E-state index in [0.717, 1.165) is 49.0 Å². The quantitative estimate of drug-likeness (QED) is 0.103. The highest BCUT2D eigenvalue weighted by molar-refractivity contribution is 6.29. The SMILES string of the molecule is O=CCCCCCCCCCOc1ccc(Oc2ccc(N(Cc3ccccc3)C(=O)CCl)cc2)cc1. The van der Waals surface area contributed by atoms with Gasteiger partial charge < -0.3 is 19.2 Å². The number of nitrogens with zero attached hydrogens (tertiary/aromatic N) is 1. The summed E-state index contributed by atoms with van der Waals surface area (Å²) >= 11 is 5.86. The first-order chi connectivity index (χ1) is 18.2. The van der Waals surface area contributed by atoms with E-state index in [2.05, 4.69) is 0 Å². The summed E-state index contributed by atoms with van der Waals surface area (Å²) in [5, 5.41) is 0. The summed E-state index contributed by atoms with van der Waals surface area (Å²) in [6.07, 6.45) is 9.68. The number of hydrogen-bond acceptors (Lipinski definition) is 4. The van der Waals surface area contributed by atoms with Crippen molar-refractivity contribution in [2.45, 2.75) is 57.9 Å². The zero-order valence-corrected chi connectivity index (χ0v) is 22.1. The van der Waals surface area contributed by atoms with E-state index >= 15 is 0 Å². The van der Waals surface area contributed by atoms with Gasteiger partial charge in [0, 0.05) is 12.1 Å². The molecule has 1 amide bonds. The van der Waals surface area contributed by atoms with E-state index in [1.54, 1.807) is 4.90 Å². The molecule has 0 spiro atoms. The lowest BCUT2D eigenvalue weighted by atomic mass is 10.1. The Bertz CT molecular complexity index is 1050.